The zero-order chi connectivity index (χ0) is 22.0. The fourth-order valence-corrected chi connectivity index (χ4v) is 4.64. The number of fused-ring (bicyclic) bond motifs is 1. The lowest BCUT2D eigenvalue weighted by atomic mass is 9.94. The van der Waals surface area contributed by atoms with Gasteiger partial charge in [-0.25, -0.2) is 4.98 Å². The van der Waals surface area contributed by atoms with Gasteiger partial charge in [-0.2, -0.15) is 4.98 Å². The number of aromatic nitrogens is 2. The summed E-state index contributed by atoms with van der Waals surface area (Å²) < 4.78 is 10.6. The molecule has 1 aromatic rings. The van der Waals surface area contributed by atoms with Gasteiger partial charge >= 0.3 is 5.97 Å². The maximum absolute atomic E-state index is 12.0. The van der Waals surface area contributed by atoms with Crippen LogP contribution in [-0.2, 0) is 14.3 Å². The molecule has 0 spiro atoms. The van der Waals surface area contributed by atoms with Crippen molar-refractivity contribution in [3.8, 4) is 0 Å². The van der Waals surface area contributed by atoms with E-state index in [0.717, 1.165) is 35.3 Å². The van der Waals surface area contributed by atoms with Crippen molar-refractivity contribution in [1.82, 2.24) is 9.97 Å². The van der Waals surface area contributed by atoms with Crippen molar-refractivity contribution in [3.05, 3.63) is 44.8 Å². The number of carbonyl (C=O) groups excluding carboxylic acids is 1. The van der Waals surface area contributed by atoms with Crippen molar-refractivity contribution in [2.24, 2.45) is 0 Å². The number of allylic oxidation sites excluding steroid dienone is 4. The van der Waals surface area contributed by atoms with Crippen LogP contribution in [0.25, 0.3) is 0 Å². The molecule has 0 amide bonds. The monoisotopic (exact) mass is 432 g/mol. The number of hydrogen-bond acceptors (Lipinski definition) is 7. The minimum absolute atomic E-state index is 0.123. The van der Waals surface area contributed by atoms with Crippen molar-refractivity contribution in [1.29, 1.82) is 0 Å². The van der Waals surface area contributed by atoms with Gasteiger partial charge in [-0.05, 0) is 50.3 Å². The Morgan fingerprint density at radius 1 is 1.27 bits per heavy atom. The average molecular weight is 433 g/mol. The molecule has 0 radical (unpaired) electrons. The number of carbonyl (C=O) groups is 1. The highest BCUT2D eigenvalue weighted by Gasteiger charge is 2.35. The second kappa shape index (κ2) is 9.08. The van der Waals surface area contributed by atoms with Crippen LogP contribution in [0.1, 0.15) is 51.5 Å². The number of ether oxygens (including phenoxy) is 2. The minimum atomic E-state index is -0.289. The molecule has 0 saturated heterocycles. The third-order valence-corrected chi connectivity index (χ3v) is 6.07. The Morgan fingerprint density at radius 2 is 2.00 bits per heavy atom. The van der Waals surface area contributed by atoms with E-state index in [0.29, 0.717) is 24.1 Å². The molecule has 162 valence electrons. The van der Waals surface area contributed by atoms with Gasteiger partial charge in [0.2, 0.25) is 5.95 Å². The second-order valence-corrected chi connectivity index (χ2v) is 8.26. The van der Waals surface area contributed by atoms with E-state index in [1.807, 2.05) is 0 Å². The zero-order valence-corrected chi connectivity index (χ0v) is 19.0. The molecule has 1 aliphatic carbocycles. The van der Waals surface area contributed by atoms with E-state index >= 15 is 0 Å². The lowest BCUT2D eigenvalue weighted by Gasteiger charge is -2.25. The van der Waals surface area contributed by atoms with E-state index in [4.69, 9.17) is 26.8 Å². The van der Waals surface area contributed by atoms with E-state index in [-0.39, 0.29) is 24.3 Å². The number of methoxy groups -OCH3 is 2. The topological polar surface area (TPSA) is 90.6 Å². The molecule has 7 nitrogen and oxygen atoms in total. The summed E-state index contributed by atoms with van der Waals surface area (Å²) in [6.45, 7) is 7.55. The fraction of sp³-hybridized carbons (Fsp3) is 0.500. The van der Waals surface area contributed by atoms with Gasteiger partial charge in [-0.3, -0.25) is 4.79 Å². The standard InChI is InChI=1S/C22H29ClN4O3/c1-12-6-7-15(14(3)19(30-5)13(2)8-12)10-27-11-16(9-17(28)29-4)18-20(23)25-22(24)26-21(18)27/h8,16H,6-7,9-11H2,1-5H3,(H2,24,25,26). The molecule has 1 aromatic heterocycles. The molecule has 0 bridgehead atoms. The quantitative estimate of drug-likeness (QED) is 0.551. The van der Waals surface area contributed by atoms with Gasteiger partial charge < -0.3 is 20.1 Å². The summed E-state index contributed by atoms with van der Waals surface area (Å²) in [5, 5.41) is 0.296. The van der Waals surface area contributed by atoms with Gasteiger partial charge in [0.1, 0.15) is 16.7 Å². The number of anilines is 2. The number of halogens is 1. The number of esters is 1. The van der Waals surface area contributed by atoms with E-state index in [2.05, 4.69) is 41.7 Å². The summed E-state index contributed by atoms with van der Waals surface area (Å²) >= 11 is 6.41. The SMILES string of the molecule is COC(=O)CC1CN(CC2=C(C)C(OC)=C(C)C=C(C)CC2)c2nc(N)nc(Cl)c21. The molecule has 0 fully saturated rings. The average Bonchev–Trinajstić information content (AvgIpc) is 3.01. The minimum Gasteiger partial charge on any atom is -0.496 e. The highest BCUT2D eigenvalue weighted by molar-refractivity contribution is 6.30. The highest BCUT2D eigenvalue weighted by atomic mass is 35.5. The van der Waals surface area contributed by atoms with Crippen LogP contribution in [0.15, 0.2) is 34.1 Å². The van der Waals surface area contributed by atoms with Crippen molar-refractivity contribution < 1.29 is 14.3 Å². The summed E-state index contributed by atoms with van der Waals surface area (Å²) in [5.74, 6) is 1.28. The molecule has 1 atom stereocenters. The maximum Gasteiger partial charge on any atom is 0.306 e. The lowest BCUT2D eigenvalue weighted by Crippen LogP contribution is -2.27. The van der Waals surface area contributed by atoms with Crippen molar-refractivity contribution in [3.63, 3.8) is 0 Å². The van der Waals surface area contributed by atoms with E-state index in [1.54, 1.807) is 7.11 Å². The van der Waals surface area contributed by atoms with Crippen LogP contribution in [-0.4, -0.2) is 43.2 Å². The summed E-state index contributed by atoms with van der Waals surface area (Å²) in [5.41, 5.74) is 11.5. The van der Waals surface area contributed by atoms with E-state index < -0.39 is 0 Å². The lowest BCUT2D eigenvalue weighted by molar-refractivity contribution is -0.141. The Bertz CT molecular complexity index is 952. The molecule has 2 N–H and O–H groups in total. The first-order valence-corrected chi connectivity index (χ1v) is 10.4. The molecule has 2 heterocycles. The molecule has 1 unspecified atom stereocenters. The first-order valence-electron chi connectivity index (χ1n) is 10.0. The number of hydrogen-bond donors (Lipinski definition) is 1. The van der Waals surface area contributed by atoms with Crippen LogP contribution in [0.3, 0.4) is 0 Å². The number of nitrogens with two attached hydrogens (primary N) is 1. The Balaban J connectivity index is 1.99. The Morgan fingerprint density at radius 3 is 2.67 bits per heavy atom. The predicted octanol–water partition coefficient (Wildman–Crippen LogP) is 4.16. The smallest absolute Gasteiger partial charge is 0.306 e. The van der Waals surface area contributed by atoms with E-state index in [1.165, 1.54) is 18.3 Å². The van der Waals surface area contributed by atoms with Gasteiger partial charge in [0, 0.05) is 24.6 Å². The Hall–Kier alpha value is -2.54. The van der Waals surface area contributed by atoms with Crippen LogP contribution < -0.4 is 10.6 Å². The summed E-state index contributed by atoms with van der Waals surface area (Å²) in [7, 11) is 3.09. The van der Waals surface area contributed by atoms with Crippen LogP contribution >= 0.6 is 11.6 Å². The third kappa shape index (κ3) is 4.46. The Labute approximate surface area is 182 Å². The van der Waals surface area contributed by atoms with Gasteiger partial charge in [-0.1, -0.05) is 23.3 Å². The van der Waals surface area contributed by atoms with Gasteiger partial charge in [0.15, 0.2) is 0 Å². The molecule has 0 saturated carbocycles. The maximum atomic E-state index is 12.0. The number of rotatable bonds is 5. The van der Waals surface area contributed by atoms with Crippen molar-refractivity contribution in [2.45, 2.75) is 46.0 Å². The predicted molar refractivity (Wildman–Crippen MR) is 118 cm³/mol. The van der Waals surface area contributed by atoms with Gasteiger partial charge in [0.05, 0.1) is 20.6 Å². The number of nitrogens with zero attached hydrogens (tertiary/aromatic N) is 3. The Kier molecular flexibility index (Phi) is 6.71. The first-order chi connectivity index (χ1) is 14.2. The normalized spacial score (nSPS) is 19.3. The van der Waals surface area contributed by atoms with Crippen LogP contribution in [0.5, 0.6) is 0 Å². The molecule has 1 aliphatic heterocycles. The van der Waals surface area contributed by atoms with Crippen LogP contribution in [0.4, 0.5) is 11.8 Å². The molecule has 30 heavy (non-hydrogen) atoms. The van der Waals surface area contributed by atoms with E-state index in [9.17, 15) is 4.79 Å². The van der Waals surface area contributed by atoms with Crippen LogP contribution in [0.2, 0.25) is 5.15 Å². The third-order valence-electron chi connectivity index (χ3n) is 5.78. The summed E-state index contributed by atoms with van der Waals surface area (Å²) in [6, 6.07) is 0. The van der Waals surface area contributed by atoms with Gasteiger partial charge in [-0.15, -0.1) is 0 Å². The zero-order valence-electron chi connectivity index (χ0n) is 18.2. The fourth-order valence-electron chi connectivity index (χ4n) is 4.31. The molecule has 3 rings (SSSR count). The molecule has 8 heteroatoms. The highest BCUT2D eigenvalue weighted by Crippen LogP contribution is 2.42. The second-order valence-electron chi connectivity index (χ2n) is 7.90. The van der Waals surface area contributed by atoms with Gasteiger partial charge in [0.25, 0.3) is 0 Å². The summed E-state index contributed by atoms with van der Waals surface area (Å²) in [6.07, 6.45) is 4.29. The van der Waals surface area contributed by atoms with Crippen molar-refractivity contribution in [2.75, 3.05) is 37.9 Å². The first kappa shape index (κ1) is 22.2. The molecule has 2 aliphatic rings. The largest absolute Gasteiger partial charge is 0.496 e. The van der Waals surface area contributed by atoms with Crippen LogP contribution in [0, 0.1) is 0 Å². The number of nitrogen functional groups attached to an aromatic ring is 1. The summed E-state index contributed by atoms with van der Waals surface area (Å²) in [4.78, 5) is 22.7. The van der Waals surface area contributed by atoms with Crippen molar-refractivity contribution >= 4 is 29.3 Å². The molecule has 0 aromatic carbocycles. The molecular formula is C22H29ClN4O3. The molecular weight excluding hydrogens is 404 g/mol.